The average Bonchev–Trinajstić information content (AvgIpc) is 2.47. The van der Waals surface area contributed by atoms with Gasteiger partial charge in [0.2, 0.25) is 0 Å². The van der Waals surface area contributed by atoms with Gasteiger partial charge in [-0.3, -0.25) is 4.99 Å². The van der Waals surface area contributed by atoms with Gasteiger partial charge in [0.1, 0.15) is 5.75 Å². The molecule has 0 atom stereocenters. The van der Waals surface area contributed by atoms with Gasteiger partial charge in [-0.1, -0.05) is 39.0 Å². The third-order valence-corrected chi connectivity index (χ3v) is 4.43. The summed E-state index contributed by atoms with van der Waals surface area (Å²) in [6.07, 6.45) is 1.88. The minimum absolute atomic E-state index is 0.00715. The summed E-state index contributed by atoms with van der Waals surface area (Å²) >= 11 is 4.74. The maximum absolute atomic E-state index is 5.45. The van der Waals surface area contributed by atoms with Gasteiger partial charge in [0.25, 0.3) is 0 Å². The highest BCUT2D eigenvalue weighted by Crippen LogP contribution is 2.34. The lowest BCUT2D eigenvalue weighted by Gasteiger charge is -2.23. The average molecular weight is 327 g/mol. The van der Waals surface area contributed by atoms with Crippen LogP contribution in [0, 0.1) is 13.8 Å². The van der Waals surface area contributed by atoms with E-state index >= 15 is 0 Å². The van der Waals surface area contributed by atoms with Gasteiger partial charge >= 0.3 is 0 Å². The minimum Gasteiger partial charge on any atom is -0.497 e. The summed E-state index contributed by atoms with van der Waals surface area (Å²) < 4.78 is 5.45. The Balaban J connectivity index is 2.53. The summed E-state index contributed by atoms with van der Waals surface area (Å²) in [6.45, 7) is 10.7. The Morgan fingerprint density at radius 1 is 1.09 bits per heavy atom. The quantitative estimate of drug-likeness (QED) is 0.571. The molecule has 0 radical (unpaired) electrons. The van der Waals surface area contributed by atoms with Crippen molar-refractivity contribution in [3.05, 3.63) is 52.6 Å². The van der Waals surface area contributed by atoms with Gasteiger partial charge in [-0.15, -0.1) is 12.6 Å². The highest BCUT2D eigenvalue weighted by Gasteiger charge is 2.19. The third-order valence-electron chi connectivity index (χ3n) is 3.93. The van der Waals surface area contributed by atoms with Gasteiger partial charge in [-0.2, -0.15) is 0 Å². The molecule has 2 aromatic carbocycles. The number of aliphatic imine (C=N–C) groups is 1. The molecule has 0 fully saturated rings. The number of para-hydroxylation sites is 1. The van der Waals surface area contributed by atoms with Crippen molar-refractivity contribution in [3.8, 4) is 5.75 Å². The molecule has 23 heavy (non-hydrogen) atoms. The van der Waals surface area contributed by atoms with E-state index in [9.17, 15) is 0 Å². The number of benzene rings is 2. The lowest BCUT2D eigenvalue weighted by Crippen LogP contribution is -2.13. The number of hydrogen-bond acceptors (Lipinski definition) is 3. The summed E-state index contributed by atoms with van der Waals surface area (Å²) in [7, 11) is 1.69. The Kier molecular flexibility index (Phi) is 5.20. The molecule has 2 rings (SSSR count). The number of methoxy groups -OCH3 is 1. The van der Waals surface area contributed by atoms with Crippen molar-refractivity contribution in [1.29, 1.82) is 0 Å². The molecular weight excluding hydrogens is 302 g/mol. The number of nitrogens with zero attached hydrogens (tertiary/aromatic N) is 1. The van der Waals surface area contributed by atoms with E-state index in [1.165, 1.54) is 11.1 Å². The van der Waals surface area contributed by atoms with Crippen LogP contribution in [-0.2, 0) is 5.41 Å². The van der Waals surface area contributed by atoms with E-state index < -0.39 is 0 Å². The summed E-state index contributed by atoms with van der Waals surface area (Å²) in [5.74, 6) is 0.829. The zero-order valence-corrected chi connectivity index (χ0v) is 15.7. The first-order valence-corrected chi connectivity index (χ1v) is 8.20. The SMILES string of the molecule is COc1cc(C=Nc2c(C)cccc2C)c(S)c(C(C)(C)C)c1. The van der Waals surface area contributed by atoms with Crippen LogP contribution >= 0.6 is 12.6 Å². The molecule has 0 heterocycles. The summed E-state index contributed by atoms with van der Waals surface area (Å²) in [6, 6.07) is 10.2. The van der Waals surface area contributed by atoms with Crippen molar-refractivity contribution in [2.24, 2.45) is 4.99 Å². The monoisotopic (exact) mass is 327 g/mol. The molecule has 0 saturated carbocycles. The lowest BCUT2D eigenvalue weighted by molar-refractivity contribution is 0.412. The Bertz CT molecular complexity index is 722. The standard InChI is InChI=1S/C20H25NOS/c1-13-8-7-9-14(2)18(13)21-12-15-10-16(22-6)11-17(19(15)23)20(3,4)5/h7-12,23H,1-6H3. The van der Waals surface area contributed by atoms with Crippen LogP contribution in [0.3, 0.4) is 0 Å². The largest absolute Gasteiger partial charge is 0.497 e. The van der Waals surface area contributed by atoms with Crippen LogP contribution in [0.1, 0.15) is 43.0 Å². The van der Waals surface area contributed by atoms with Gasteiger partial charge in [-0.25, -0.2) is 0 Å². The predicted molar refractivity (Wildman–Crippen MR) is 102 cm³/mol. The first kappa shape index (κ1) is 17.6. The highest BCUT2D eigenvalue weighted by molar-refractivity contribution is 7.80. The number of thiol groups is 1. The molecule has 0 N–H and O–H groups in total. The lowest BCUT2D eigenvalue weighted by atomic mass is 9.86. The van der Waals surface area contributed by atoms with Crippen LogP contribution in [-0.4, -0.2) is 13.3 Å². The maximum Gasteiger partial charge on any atom is 0.119 e. The van der Waals surface area contributed by atoms with Crippen molar-refractivity contribution in [2.45, 2.75) is 44.9 Å². The van der Waals surface area contributed by atoms with Crippen LogP contribution in [0.2, 0.25) is 0 Å². The molecular formula is C20H25NOS. The van der Waals surface area contributed by atoms with E-state index in [-0.39, 0.29) is 5.41 Å². The fourth-order valence-electron chi connectivity index (χ4n) is 2.56. The summed E-state index contributed by atoms with van der Waals surface area (Å²) in [5, 5.41) is 0. The summed E-state index contributed by atoms with van der Waals surface area (Å²) in [5.41, 5.74) is 5.47. The molecule has 0 amide bonds. The second-order valence-corrected chi connectivity index (χ2v) is 7.31. The second kappa shape index (κ2) is 6.79. The fraction of sp³-hybridized carbons (Fsp3) is 0.350. The molecule has 0 aliphatic heterocycles. The van der Waals surface area contributed by atoms with Crippen molar-refractivity contribution in [3.63, 3.8) is 0 Å². The zero-order chi connectivity index (χ0) is 17.2. The molecule has 0 spiro atoms. The Morgan fingerprint density at radius 3 is 2.22 bits per heavy atom. The molecule has 2 nitrogen and oxygen atoms in total. The number of rotatable bonds is 3. The normalized spacial score (nSPS) is 12.0. The maximum atomic E-state index is 5.45. The topological polar surface area (TPSA) is 21.6 Å². The molecule has 0 aliphatic rings. The van der Waals surface area contributed by atoms with E-state index in [0.717, 1.165) is 27.5 Å². The predicted octanol–water partition coefficient (Wildman–Crippen LogP) is 5.65. The number of hydrogen-bond donors (Lipinski definition) is 1. The van der Waals surface area contributed by atoms with Crippen LogP contribution in [0.4, 0.5) is 5.69 Å². The highest BCUT2D eigenvalue weighted by atomic mass is 32.1. The number of ether oxygens (including phenoxy) is 1. The van der Waals surface area contributed by atoms with Gasteiger partial charge < -0.3 is 4.74 Å². The van der Waals surface area contributed by atoms with Crippen LogP contribution in [0.25, 0.3) is 0 Å². The van der Waals surface area contributed by atoms with Crippen LogP contribution < -0.4 is 4.74 Å². The fourth-order valence-corrected chi connectivity index (χ4v) is 3.08. The second-order valence-electron chi connectivity index (χ2n) is 6.86. The Hall–Kier alpha value is -1.74. The van der Waals surface area contributed by atoms with E-state index in [1.807, 2.05) is 12.3 Å². The van der Waals surface area contributed by atoms with E-state index in [2.05, 4.69) is 58.9 Å². The van der Waals surface area contributed by atoms with Crippen molar-refractivity contribution in [1.82, 2.24) is 0 Å². The van der Waals surface area contributed by atoms with Gasteiger partial charge in [0.05, 0.1) is 12.8 Å². The molecule has 0 aliphatic carbocycles. The molecule has 0 unspecified atom stereocenters. The van der Waals surface area contributed by atoms with Crippen molar-refractivity contribution < 1.29 is 4.74 Å². The molecule has 0 aromatic heterocycles. The molecule has 0 saturated heterocycles. The Morgan fingerprint density at radius 2 is 1.70 bits per heavy atom. The minimum atomic E-state index is -0.00715. The third kappa shape index (κ3) is 3.97. The number of aryl methyl sites for hydroxylation is 2. The first-order chi connectivity index (χ1) is 10.7. The smallest absolute Gasteiger partial charge is 0.119 e. The Labute approximate surface area is 145 Å². The summed E-state index contributed by atoms with van der Waals surface area (Å²) in [4.78, 5) is 5.66. The molecule has 3 heteroatoms. The van der Waals surface area contributed by atoms with Gasteiger partial charge in [0.15, 0.2) is 0 Å². The first-order valence-electron chi connectivity index (χ1n) is 7.76. The van der Waals surface area contributed by atoms with Crippen LogP contribution in [0.5, 0.6) is 5.75 Å². The van der Waals surface area contributed by atoms with Crippen LogP contribution in [0.15, 0.2) is 40.2 Å². The van der Waals surface area contributed by atoms with Crippen molar-refractivity contribution >= 4 is 24.5 Å². The van der Waals surface area contributed by atoms with E-state index in [0.29, 0.717) is 0 Å². The zero-order valence-electron chi connectivity index (χ0n) is 14.8. The molecule has 122 valence electrons. The van der Waals surface area contributed by atoms with E-state index in [4.69, 9.17) is 22.4 Å². The van der Waals surface area contributed by atoms with Gasteiger partial charge in [-0.05, 0) is 48.1 Å². The van der Waals surface area contributed by atoms with Gasteiger partial charge in [0, 0.05) is 16.7 Å². The van der Waals surface area contributed by atoms with E-state index in [1.54, 1.807) is 7.11 Å². The van der Waals surface area contributed by atoms with Crippen molar-refractivity contribution in [2.75, 3.05) is 7.11 Å². The molecule has 0 bridgehead atoms. The molecule has 2 aromatic rings.